The van der Waals surface area contributed by atoms with E-state index in [9.17, 15) is 9.59 Å². The number of aromatic nitrogens is 2. The number of nitrogens with one attached hydrogen (secondary N) is 1. The molecule has 2 amide bonds. The van der Waals surface area contributed by atoms with Crippen molar-refractivity contribution in [2.24, 2.45) is 0 Å². The van der Waals surface area contributed by atoms with Crippen LogP contribution >= 0.6 is 0 Å². The number of imidazole rings is 1. The van der Waals surface area contributed by atoms with Crippen molar-refractivity contribution in [2.45, 2.75) is 72.2 Å². The number of hydrogen-bond acceptors (Lipinski definition) is 3. The second-order valence-corrected chi connectivity index (χ2v) is 8.60. The highest BCUT2D eigenvalue weighted by Gasteiger charge is 2.27. The molecule has 1 fully saturated rings. The van der Waals surface area contributed by atoms with Gasteiger partial charge in [0.1, 0.15) is 5.60 Å². The Morgan fingerprint density at radius 3 is 2.43 bits per heavy atom. The molecule has 2 aromatic rings. The van der Waals surface area contributed by atoms with E-state index in [4.69, 9.17) is 4.74 Å². The normalized spacial score (nSPS) is 15.0. The zero-order valence-corrected chi connectivity index (χ0v) is 20.2. The van der Waals surface area contributed by atoms with Gasteiger partial charge in [0.25, 0.3) is 5.91 Å². The summed E-state index contributed by atoms with van der Waals surface area (Å²) in [6.45, 7) is 12.8. The van der Waals surface area contributed by atoms with E-state index in [-0.39, 0.29) is 28.9 Å². The monoisotopic (exact) mass is 480 g/mol. The molecule has 0 radical (unpaired) electrons. The van der Waals surface area contributed by atoms with Gasteiger partial charge in [-0.25, -0.2) is 13.9 Å². The van der Waals surface area contributed by atoms with Crippen LogP contribution < -0.4 is 26.9 Å². The number of ether oxygens (including phenoxy) is 1. The summed E-state index contributed by atoms with van der Waals surface area (Å²) in [7, 11) is 0. The van der Waals surface area contributed by atoms with Crippen LogP contribution in [0.2, 0.25) is 0 Å². The van der Waals surface area contributed by atoms with Gasteiger partial charge >= 0.3 is 6.09 Å². The smallest absolute Gasteiger partial charge is 0.407 e. The number of piperidine rings is 1. The van der Waals surface area contributed by atoms with Crippen molar-refractivity contribution in [2.75, 3.05) is 13.1 Å². The first kappa shape index (κ1) is 24.2. The van der Waals surface area contributed by atoms with E-state index in [1.807, 2.05) is 43.9 Å². The van der Waals surface area contributed by atoms with Crippen molar-refractivity contribution >= 4 is 23.0 Å². The maximum atomic E-state index is 13.0. The van der Waals surface area contributed by atoms with Crippen LogP contribution in [0.1, 0.15) is 57.8 Å². The number of aryl methyl sites for hydroxylation is 2. The predicted molar refractivity (Wildman–Crippen MR) is 112 cm³/mol. The lowest BCUT2D eigenvalue weighted by Gasteiger charge is -2.33. The van der Waals surface area contributed by atoms with Crippen molar-refractivity contribution in [3.63, 3.8) is 0 Å². The number of benzene rings is 1. The molecular formula is C22H33BrN4O3. The van der Waals surface area contributed by atoms with Crippen LogP contribution in [0.15, 0.2) is 24.5 Å². The van der Waals surface area contributed by atoms with Gasteiger partial charge in [0, 0.05) is 30.8 Å². The molecule has 1 aromatic heterocycles. The first-order valence-corrected chi connectivity index (χ1v) is 10.5. The molecule has 7 nitrogen and oxygen atoms in total. The third-order valence-corrected chi connectivity index (χ3v) is 5.30. The van der Waals surface area contributed by atoms with Gasteiger partial charge in [-0.3, -0.25) is 4.79 Å². The Morgan fingerprint density at radius 1 is 1.20 bits per heavy atom. The number of rotatable bonds is 4. The summed E-state index contributed by atoms with van der Waals surface area (Å²) < 4.78 is 9.69. The van der Waals surface area contributed by atoms with E-state index in [0.29, 0.717) is 18.7 Å². The van der Waals surface area contributed by atoms with Crippen LogP contribution in [0.4, 0.5) is 4.79 Å². The summed E-state index contributed by atoms with van der Waals surface area (Å²) in [5, 5.41) is 2.92. The molecular weight excluding hydrogens is 448 g/mol. The highest BCUT2D eigenvalue weighted by molar-refractivity contribution is 5.97. The van der Waals surface area contributed by atoms with Crippen molar-refractivity contribution in [3.8, 4) is 0 Å². The number of carbonyl (C=O) groups is 2. The molecule has 0 atom stereocenters. The fraction of sp³-hybridized carbons (Fsp3) is 0.591. The van der Waals surface area contributed by atoms with Gasteiger partial charge in [0.15, 0.2) is 11.0 Å². The van der Waals surface area contributed by atoms with Gasteiger partial charge in [-0.15, -0.1) is 0 Å². The van der Waals surface area contributed by atoms with E-state index in [1.54, 1.807) is 0 Å². The van der Waals surface area contributed by atoms with Crippen molar-refractivity contribution in [1.29, 1.82) is 0 Å². The second-order valence-electron chi connectivity index (χ2n) is 8.60. The van der Waals surface area contributed by atoms with Crippen molar-refractivity contribution in [3.05, 3.63) is 30.1 Å². The fourth-order valence-electron chi connectivity index (χ4n) is 3.81. The van der Waals surface area contributed by atoms with Crippen molar-refractivity contribution < 1.29 is 35.9 Å². The van der Waals surface area contributed by atoms with Gasteiger partial charge in [-0.05, 0) is 59.6 Å². The average Bonchev–Trinajstić information content (AvgIpc) is 3.03. The lowest BCUT2D eigenvalue weighted by Crippen LogP contribution is -3.00. The van der Waals surface area contributed by atoms with Crippen LogP contribution in [0.25, 0.3) is 11.0 Å². The van der Waals surface area contributed by atoms with Gasteiger partial charge in [-0.2, -0.15) is 0 Å². The maximum Gasteiger partial charge on any atom is 0.407 e. The molecule has 0 bridgehead atoms. The number of amides is 2. The third kappa shape index (κ3) is 5.53. The Morgan fingerprint density at radius 2 is 1.87 bits per heavy atom. The molecule has 1 aliphatic rings. The van der Waals surface area contributed by atoms with Gasteiger partial charge in [-0.1, -0.05) is 0 Å². The molecule has 166 valence electrons. The van der Waals surface area contributed by atoms with Gasteiger partial charge in [0.05, 0.1) is 13.1 Å². The Labute approximate surface area is 189 Å². The number of fused-ring (bicyclic) bond motifs is 1. The molecule has 0 unspecified atom stereocenters. The van der Waals surface area contributed by atoms with Crippen LogP contribution in [-0.4, -0.2) is 46.2 Å². The number of carbonyl (C=O) groups excluding carboxylic acids is 2. The zero-order chi connectivity index (χ0) is 21.2. The first-order valence-electron chi connectivity index (χ1n) is 10.5. The average molecular weight is 481 g/mol. The maximum absolute atomic E-state index is 13.0. The van der Waals surface area contributed by atoms with E-state index >= 15 is 0 Å². The molecule has 0 spiro atoms. The first-order chi connectivity index (χ1) is 13.7. The van der Waals surface area contributed by atoms with Crippen molar-refractivity contribution in [1.82, 2.24) is 14.8 Å². The predicted octanol–water partition coefficient (Wildman–Crippen LogP) is 0.102. The lowest BCUT2D eigenvalue weighted by molar-refractivity contribution is -0.668. The summed E-state index contributed by atoms with van der Waals surface area (Å²) >= 11 is 0. The molecule has 8 heteroatoms. The highest BCUT2D eigenvalue weighted by atomic mass is 79.9. The number of hydrogen-bond donors (Lipinski definition) is 1. The molecule has 1 N–H and O–H groups in total. The number of likely N-dealkylation sites (tertiary alicyclic amines) is 1. The number of nitrogens with zero attached hydrogens (tertiary/aromatic N) is 3. The lowest BCUT2D eigenvalue weighted by atomic mass is 10.0. The second kappa shape index (κ2) is 9.81. The quantitative estimate of drug-likeness (QED) is 0.631. The molecule has 2 heterocycles. The summed E-state index contributed by atoms with van der Waals surface area (Å²) in [5.74, 6) is 0.0505. The minimum atomic E-state index is -0.508. The standard InChI is InChI=1S/C22H32N4O3.BrH/c1-6-24-15-25(7-2)19-14-16(8-9-18(19)24)20(27)26-12-10-17(11-13-26)23-21(28)29-22(3,4)5;/h8-9,14-15,17H,6-7,10-13H2,1-5H3;1H. The highest BCUT2D eigenvalue weighted by Crippen LogP contribution is 2.19. The van der Waals surface area contributed by atoms with Crippen LogP contribution in [0, 0.1) is 0 Å². The van der Waals surface area contributed by atoms with E-state index in [0.717, 1.165) is 37.0 Å². The Hall–Kier alpha value is -2.09. The summed E-state index contributed by atoms with van der Waals surface area (Å²) in [6.07, 6.45) is 3.17. The Balaban J connectivity index is 0.00000320. The minimum Gasteiger partial charge on any atom is -1.00 e. The van der Waals surface area contributed by atoms with E-state index < -0.39 is 11.7 Å². The van der Waals surface area contributed by atoms with E-state index in [1.165, 1.54) is 0 Å². The Kier molecular flexibility index (Phi) is 7.91. The molecule has 1 saturated heterocycles. The molecule has 3 rings (SSSR count). The summed E-state index contributed by atoms with van der Waals surface area (Å²) in [6, 6.07) is 5.99. The summed E-state index contributed by atoms with van der Waals surface area (Å²) in [5.41, 5.74) is 2.44. The SMILES string of the molecule is CCn1c[n+](CC)c2ccc(C(=O)N3CCC(NC(=O)OC(C)(C)C)CC3)cc21.[Br-]. The molecule has 0 aliphatic carbocycles. The van der Waals surface area contributed by atoms with Crippen LogP contribution in [0.5, 0.6) is 0 Å². The minimum absolute atomic E-state index is 0. The van der Waals surface area contributed by atoms with Crippen LogP contribution in [0.3, 0.4) is 0 Å². The van der Waals surface area contributed by atoms with Gasteiger partial charge in [0.2, 0.25) is 6.33 Å². The Bertz CT molecular complexity index is 896. The van der Waals surface area contributed by atoms with Crippen LogP contribution in [-0.2, 0) is 17.8 Å². The molecule has 0 saturated carbocycles. The molecule has 30 heavy (non-hydrogen) atoms. The third-order valence-electron chi connectivity index (χ3n) is 5.30. The topological polar surface area (TPSA) is 67.5 Å². The number of alkyl carbamates (subject to hydrolysis) is 1. The van der Waals surface area contributed by atoms with E-state index in [2.05, 4.69) is 34.6 Å². The fourth-order valence-corrected chi connectivity index (χ4v) is 3.81. The number of halogens is 1. The van der Waals surface area contributed by atoms with Gasteiger partial charge < -0.3 is 31.9 Å². The molecule has 1 aliphatic heterocycles. The summed E-state index contributed by atoms with van der Waals surface area (Å²) in [4.78, 5) is 26.9. The largest absolute Gasteiger partial charge is 1.00 e. The molecule has 1 aromatic carbocycles. The zero-order valence-electron chi connectivity index (χ0n) is 18.6.